The van der Waals surface area contributed by atoms with Gasteiger partial charge in [-0.15, -0.1) is 0 Å². The standard InChI is InChI=1S/C12H16O2/c1-14-10-5-2-4-9(8-10)11-6-3-7-12(11)13/h2,4-5,8,11-13H,3,6-7H2,1H3/t11-,12+/m1/s1. The molecule has 1 fully saturated rings. The second kappa shape index (κ2) is 4.01. The number of hydrogen-bond acceptors (Lipinski definition) is 2. The van der Waals surface area contributed by atoms with Crippen molar-refractivity contribution >= 4 is 0 Å². The summed E-state index contributed by atoms with van der Waals surface area (Å²) < 4.78 is 5.17. The number of ether oxygens (including phenoxy) is 1. The van der Waals surface area contributed by atoms with Gasteiger partial charge in [-0.05, 0) is 30.5 Å². The largest absolute Gasteiger partial charge is 0.497 e. The van der Waals surface area contributed by atoms with E-state index in [0.717, 1.165) is 25.0 Å². The van der Waals surface area contributed by atoms with Crippen LogP contribution in [0.25, 0.3) is 0 Å². The van der Waals surface area contributed by atoms with Crippen LogP contribution in [0.5, 0.6) is 5.75 Å². The number of hydrogen-bond donors (Lipinski definition) is 1. The van der Waals surface area contributed by atoms with Crippen molar-refractivity contribution in [2.45, 2.75) is 31.3 Å². The van der Waals surface area contributed by atoms with Crippen LogP contribution in [0.1, 0.15) is 30.7 Å². The smallest absolute Gasteiger partial charge is 0.119 e. The molecule has 0 radical (unpaired) electrons. The van der Waals surface area contributed by atoms with Crippen LogP contribution in [0, 0.1) is 0 Å². The third-order valence-electron chi connectivity index (χ3n) is 3.00. The first-order valence-electron chi connectivity index (χ1n) is 5.13. The normalized spacial score (nSPS) is 26.4. The van der Waals surface area contributed by atoms with Crippen LogP contribution in [0.4, 0.5) is 0 Å². The predicted octanol–water partition coefficient (Wildman–Crippen LogP) is 2.32. The zero-order valence-electron chi connectivity index (χ0n) is 8.44. The monoisotopic (exact) mass is 192 g/mol. The van der Waals surface area contributed by atoms with Gasteiger partial charge in [0.05, 0.1) is 13.2 Å². The maximum absolute atomic E-state index is 9.77. The zero-order valence-corrected chi connectivity index (χ0v) is 8.44. The fourth-order valence-electron chi connectivity index (χ4n) is 2.20. The fraction of sp³-hybridized carbons (Fsp3) is 0.500. The molecule has 0 aliphatic heterocycles. The lowest BCUT2D eigenvalue weighted by Crippen LogP contribution is -2.10. The van der Waals surface area contributed by atoms with Crippen LogP contribution >= 0.6 is 0 Å². The van der Waals surface area contributed by atoms with E-state index in [2.05, 4.69) is 6.07 Å². The molecule has 2 nitrogen and oxygen atoms in total. The molecule has 1 N–H and O–H groups in total. The third-order valence-corrected chi connectivity index (χ3v) is 3.00. The first kappa shape index (κ1) is 9.53. The van der Waals surface area contributed by atoms with Gasteiger partial charge in [0.1, 0.15) is 5.75 Å². The third kappa shape index (κ3) is 1.75. The van der Waals surface area contributed by atoms with Gasteiger partial charge in [0.15, 0.2) is 0 Å². The number of methoxy groups -OCH3 is 1. The van der Waals surface area contributed by atoms with Gasteiger partial charge in [-0.3, -0.25) is 0 Å². The molecule has 0 aromatic heterocycles. The highest BCUT2D eigenvalue weighted by Crippen LogP contribution is 2.35. The Morgan fingerprint density at radius 2 is 2.21 bits per heavy atom. The highest BCUT2D eigenvalue weighted by molar-refractivity contribution is 5.31. The molecule has 1 aromatic carbocycles. The highest BCUT2D eigenvalue weighted by atomic mass is 16.5. The molecule has 2 atom stereocenters. The van der Waals surface area contributed by atoms with Crippen molar-refractivity contribution in [1.29, 1.82) is 0 Å². The average Bonchev–Trinajstić information content (AvgIpc) is 2.65. The summed E-state index contributed by atoms with van der Waals surface area (Å²) in [5, 5.41) is 9.77. The van der Waals surface area contributed by atoms with Crippen LogP contribution in [0.15, 0.2) is 24.3 Å². The van der Waals surface area contributed by atoms with E-state index in [1.807, 2.05) is 18.2 Å². The lowest BCUT2D eigenvalue weighted by Gasteiger charge is -2.15. The van der Waals surface area contributed by atoms with Crippen molar-refractivity contribution in [2.24, 2.45) is 0 Å². The Bertz CT molecular complexity index is 309. The van der Waals surface area contributed by atoms with Crippen molar-refractivity contribution in [3.8, 4) is 5.75 Å². The van der Waals surface area contributed by atoms with E-state index in [0.29, 0.717) is 5.92 Å². The molecule has 1 saturated carbocycles. The van der Waals surface area contributed by atoms with E-state index in [1.54, 1.807) is 7.11 Å². The van der Waals surface area contributed by atoms with Gasteiger partial charge in [0.25, 0.3) is 0 Å². The van der Waals surface area contributed by atoms with E-state index in [9.17, 15) is 5.11 Å². The second-order valence-electron chi connectivity index (χ2n) is 3.88. The van der Waals surface area contributed by atoms with Crippen molar-refractivity contribution in [1.82, 2.24) is 0 Å². The average molecular weight is 192 g/mol. The Hall–Kier alpha value is -1.02. The molecular weight excluding hydrogens is 176 g/mol. The summed E-state index contributed by atoms with van der Waals surface area (Å²) in [7, 11) is 1.67. The minimum atomic E-state index is -0.165. The Balaban J connectivity index is 2.22. The number of benzene rings is 1. The molecule has 0 bridgehead atoms. The molecule has 0 amide bonds. The van der Waals surface area contributed by atoms with Crippen LogP contribution in [0.2, 0.25) is 0 Å². The lowest BCUT2D eigenvalue weighted by atomic mass is 9.96. The summed E-state index contributed by atoms with van der Waals surface area (Å²) in [6.45, 7) is 0. The Labute approximate surface area is 84.5 Å². The van der Waals surface area contributed by atoms with E-state index in [-0.39, 0.29) is 6.10 Å². The highest BCUT2D eigenvalue weighted by Gasteiger charge is 2.26. The van der Waals surface area contributed by atoms with Crippen LogP contribution < -0.4 is 4.74 Å². The van der Waals surface area contributed by atoms with Crippen molar-refractivity contribution in [3.63, 3.8) is 0 Å². The lowest BCUT2D eigenvalue weighted by molar-refractivity contribution is 0.163. The summed E-state index contributed by atoms with van der Waals surface area (Å²) in [6.07, 6.45) is 2.99. The number of rotatable bonds is 2. The summed E-state index contributed by atoms with van der Waals surface area (Å²) in [5.41, 5.74) is 1.20. The molecule has 1 aromatic rings. The molecular formula is C12H16O2. The minimum absolute atomic E-state index is 0.165. The van der Waals surface area contributed by atoms with Gasteiger partial charge in [-0.1, -0.05) is 18.6 Å². The van der Waals surface area contributed by atoms with Crippen molar-refractivity contribution in [3.05, 3.63) is 29.8 Å². The van der Waals surface area contributed by atoms with Gasteiger partial charge in [-0.25, -0.2) is 0 Å². The maximum atomic E-state index is 9.77. The molecule has 2 rings (SSSR count). The number of aliphatic hydroxyl groups excluding tert-OH is 1. The van der Waals surface area contributed by atoms with Gasteiger partial charge in [0.2, 0.25) is 0 Å². The molecule has 0 unspecified atom stereocenters. The molecule has 2 heteroatoms. The van der Waals surface area contributed by atoms with Crippen LogP contribution in [0.3, 0.4) is 0 Å². The quantitative estimate of drug-likeness (QED) is 0.779. The van der Waals surface area contributed by atoms with Crippen LogP contribution in [-0.4, -0.2) is 18.3 Å². The molecule has 1 aliphatic carbocycles. The van der Waals surface area contributed by atoms with Gasteiger partial charge >= 0.3 is 0 Å². The molecule has 1 aliphatic rings. The molecule has 76 valence electrons. The fourth-order valence-corrected chi connectivity index (χ4v) is 2.20. The SMILES string of the molecule is COc1cccc([C@H]2CCC[C@@H]2O)c1. The summed E-state index contributed by atoms with van der Waals surface area (Å²) in [5.74, 6) is 1.19. The van der Waals surface area contributed by atoms with Gasteiger partial charge < -0.3 is 9.84 Å². The van der Waals surface area contributed by atoms with Crippen LogP contribution in [-0.2, 0) is 0 Å². The first-order chi connectivity index (χ1) is 6.81. The van der Waals surface area contributed by atoms with Gasteiger partial charge in [0, 0.05) is 5.92 Å². The molecule has 0 spiro atoms. The molecule has 0 saturated heterocycles. The Morgan fingerprint density at radius 1 is 1.36 bits per heavy atom. The number of aliphatic hydroxyl groups is 1. The summed E-state index contributed by atoms with van der Waals surface area (Å²) >= 11 is 0. The van der Waals surface area contributed by atoms with E-state index in [4.69, 9.17) is 4.74 Å². The second-order valence-corrected chi connectivity index (χ2v) is 3.88. The van der Waals surface area contributed by atoms with E-state index in [1.165, 1.54) is 5.56 Å². The first-order valence-corrected chi connectivity index (χ1v) is 5.13. The summed E-state index contributed by atoms with van der Waals surface area (Å²) in [6, 6.07) is 8.02. The van der Waals surface area contributed by atoms with E-state index >= 15 is 0 Å². The van der Waals surface area contributed by atoms with Gasteiger partial charge in [-0.2, -0.15) is 0 Å². The topological polar surface area (TPSA) is 29.5 Å². The van der Waals surface area contributed by atoms with Crippen molar-refractivity contribution < 1.29 is 9.84 Å². The van der Waals surface area contributed by atoms with Crippen molar-refractivity contribution in [2.75, 3.05) is 7.11 Å². The Morgan fingerprint density at radius 3 is 2.86 bits per heavy atom. The molecule has 14 heavy (non-hydrogen) atoms. The predicted molar refractivity (Wildman–Crippen MR) is 55.6 cm³/mol. The maximum Gasteiger partial charge on any atom is 0.119 e. The minimum Gasteiger partial charge on any atom is -0.497 e. The molecule has 0 heterocycles. The zero-order chi connectivity index (χ0) is 9.97. The summed E-state index contributed by atoms with van der Waals surface area (Å²) in [4.78, 5) is 0. The Kier molecular flexibility index (Phi) is 2.73. The van der Waals surface area contributed by atoms with E-state index < -0.39 is 0 Å².